The number of ether oxygens (including phenoxy) is 2. The third-order valence-electron chi connectivity index (χ3n) is 5.38. The molecule has 5 heteroatoms. The maximum Gasteiger partial charge on any atom is 0.331 e. The molecule has 1 aliphatic heterocycles. The number of carbonyl (C=O) groups is 2. The molecule has 0 fully saturated rings. The molecule has 0 saturated carbocycles. The smallest absolute Gasteiger partial charge is 0.331 e. The van der Waals surface area contributed by atoms with Gasteiger partial charge in [0.1, 0.15) is 12.0 Å². The molecule has 3 atom stereocenters. The summed E-state index contributed by atoms with van der Waals surface area (Å²) in [5.74, 6) is -1.41. The monoisotopic (exact) mass is 393 g/mol. The highest BCUT2D eigenvalue weighted by molar-refractivity contribution is 5.88. The summed E-state index contributed by atoms with van der Waals surface area (Å²) < 4.78 is 10.7. The third kappa shape index (κ3) is 5.12. The first kappa shape index (κ1) is 20.8. The largest absolute Gasteiger partial charge is 0.468 e. The van der Waals surface area contributed by atoms with Crippen LogP contribution in [0.2, 0.25) is 0 Å². The Hall–Kier alpha value is -2.92. The van der Waals surface area contributed by atoms with E-state index in [9.17, 15) is 9.59 Å². The molecule has 0 radical (unpaired) electrons. The van der Waals surface area contributed by atoms with E-state index in [-0.39, 0.29) is 12.0 Å². The van der Waals surface area contributed by atoms with Crippen molar-refractivity contribution in [3.63, 3.8) is 0 Å². The van der Waals surface area contributed by atoms with Crippen molar-refractivity contribution in [1.82, 2.24) is 4.90 Å². The van der Waals surface area contributed by atoms with Crippen molar-refractivity contribution >= 4 is 11.9 Å². The van der Waals surface area contributed by atoms with E-state index in [4.69, 9.17) is 9.47 Å². The molecule has 2 aromatic carbocycles. The number of rotatable bonds is 7. The number of hydrogen-bond donors (Lipinski definition) is 0. The number of esters is 2. The van der Waals surface area contributed by atoms with E-state index < -0.39 is 18.0 Å². The molecule has 1 heterocycles. The van der Waals surface area contributed by atoms with Crippen molar-refractivity contribution in [3.05, 3.63) is 83.4 Å². The van der Waals surface area contributed by atoms with Crippen molar-refractivity contribution in [2.45, 2.75) is 39.1 Å². The second-order valence-corrected chi connectivity index (χ2v) is 7.41. The lowest BCUT2D eigenvalue weighted by Crippen LogP contribution is -2.50. The van der Waals surface area contributed by atoms with Crippen molar-refractivity contribution in [1.29, 1.82) is 0 Å². The Kier molecular flexibility index (Phi) is 6.83. The van der Waals surface area contributed by atoms with Crippen molar-refractivity contribution in [2.24, 2.45) is 5.92 Å². The number of hydrogen-bond acceptors (Lipinski definition) is 5. The van der Waals surface area contributed by atoms with Crippen LogP contribution >= 0.6 is 0 Å². The normalized spacial score (nSPS) is 20.0. The summed E-state index contributed by atoms with van der Waals surface area (Å²) in [4.78, 5) is 26.8. The molecule has 0 N–H and O–H groups in total. The van der Waals surface area contributed by atoms with Gasteiger partial charge in [0.2, 0.25) is 0 Å². The summed E-state index contributed by atoms with van der Waals surface area (Å²) >= 11 is 0. The van der Waals surface area contributed by atoms with Gasteiger partial charge in [-0.1, -0.05) is 60.7 Å². The summed E-state index contributed by atoms with van der Waals surface area (Å²) in [6.07, 6.45) is 0.760. The van der Waals surface area contributed by atoms with Gasteiger partial charge < -0.3 is 9.47 Å². The van der Waals surface area contributed by atoms with E-state index in [1.807, 2.05) is 43.3 Å². The minimum atomic E-state index is -0.618. The van der Waals surface area contributed by atoms with Crippen molar-refractivity contribution in [2.75, 3.05) is 7.11 Å². The first-order valence-electron chi connectivity index (χ1n) is 9.78. The topological polar surface area (TPSA) is 55.8 Å². The highest BCUT2D eigenvalue weighted by Crippen LogP contribution is 2.30. The molecule has 2 aromatic rings. The van der Waals surface area contributed by atoms with E-state index in [1.54, 1.807) is 6.92 Å². The summed E-state index contributed by atoms with van der Waals surface area (Å²) in [7, 11) is 1.36. The minimum absolute atomic E-state index is 0.202. The Bertz CT molecular complexity index is 821. The number of cyclic esters (lactones) is 1. The van der Waals surface area contributed by atoms with Gasteiger partial charge in [-0.3, -0.25) is 9.69 Å². The molecule has 152 valence electrons. The first-order chi connectivity index (χ1) is 14.0. The van der Waals surface area contributed by atoms with Crippen LogP contribution < -0.4 is 0 Å². The number of carbonyl (C=O) groups excluding carboxylic acids is 2. The van der Waals surface area contributed by atoms with Gasteiger partial charge in [0, 0.05) is 25.2 Å². The molecular formula is C24H27NO4. The summed E-state index contributed by atoms with van der Waals surface area (Å²) in [6.45, 7) is 5.11. The summed E-state index contributed by atoms with van der Waals surface area (Å²) in [5.41, 5.74) is 2.97. The molecule has 1 aliphatic rings. The quantitative estimate of drug-likeness (QED) is 0.671. The second-order valence-electron chi connectivity index (χ2n) is 7.41. The van der Waals surface area contributed by atoms with Crippen LogP contribution in [-0.4, -0.2) is 36.1 Å². The highest BCUT2D eigenvalue weighted by atomic mass is 16.6. The lowest BCUT2D eigenvalue weighted by Gasteiger charge is -2.39. The van der Waals surface area contributed by atoms with Crippen LogP contribution in [0, 0.1) is 5.92 Å². The SMILES string of the molecule is COC(=O)[C@@H]1C(C)=CC(=O)O[C@H]1[C@@H](C)N(Cc1ccccc1)Cc1ccccc1. The summed E-state index contributed by atoms with van der Waals surface area (Å²) in [6, 6.07) is 20.1. The van der Waals surface area contributed by atoms with Crippen LogP contribution in [-0.2, 0) is 32.2 Å². The van der Waals surface area contributed by atoms with Gasteiger partial charge in [0.05, 0.1) is 7.11 Å². The van der Waals surface area contributed by atoms with Crippen molar-refractivity contribution in [3.8, 4) is 0 Å². The molecule has 29 heavy (non-hydrogen) atoms. The van der Waals surface area contributed by atoms with E-state index in [0.717, 1.165) is 11.1 Å². The predicted molar refractivity (Wildman–Crippen MR) is 111 cm³/mol. The van der Waals surface area contributed by atoms with Gasteiger partial charge in [-0.15, -0.1) is 0 Å². The van der Waals surface area contributed by atoms with Crippen LogP contribution in [0.25, 0.3) is 0 Å². The summed E-state index contributed by atoms with van der Waals surface area (Å²) in [5, 5.41) is 0. The number of methoxy groups -OCH3 is 1. The van der Waals surface area contributed by atoms with Gasteiger partial charge in [0.25, 0.3) is 0 Å². The standard InChI is InChI=1S/C24H27NO4/c1-17-14-21(26)29-23(22(17)24(27)28-3)18(2)25(15-19-10-6-4-7-11-19)16-20-12-8-5-9-13-20/h4-14,18,22-23H,15-16H2,1-3H3/t18-,22-,23+/m1/s1. The third-order valence-corrected chi connectivity index (χ3v) is 5.38. The van der Waals surface area contributed by atoms with Crippen LogP contribution in [0.15, 0.2) is 72.3 Å². The maximum atomic E-state index is 12.5. The van der Waals surface area contributed by atoms with E-state index in [2.05, 4.69) is 29.2 Å². The second kappa shape index (κ2) is 9.52. The van der Waals surface area contributed by atoms with Crippen LogP contribution in [0.5, 0.6) is 0 Å². The Labute approximate surface area is 171 Å². The fourth-order valence-corrected chi connectivity index (χ4v) is 3.78. The highest BCUT2D eigenvalue weighted by Gasteiger charge is 2.42. The molecule has 0 aliphatic carbocycles. The zero-order valence-corrected chi connectivity index (χ0v) is 17.1. The fourth-order valence-electron chi connectivity index (χ4n) is 3.78. The molecular weight excluding hydrogens is 366 g/mol. The lowest BCUT2D eigenvalue weighted by molar-refractivity contribution is -0.162. The zero-order valence-electron chi connectivity index (χ0n) is 17.1. The van der Waals surface area contributed by atoms with E-state index >= 15 is 0 Å². The van der Waals surface area contributed by atoms with Gasteiger partial charge >= 0.3 is 11.9 Å². The van der Waals surface area contributed by atoms with Crippen LogP contribution in [0.3, 0.4) is 0 Å². The van der Waals surface area contributed by atoms with E-state index in [0.29, 0.717) is 18.7 Å². The molecule has 0 saturated heterocycles. The molecule has 0 bridgehead atoms. The molecule has 0 amide bonds. The maximum absolute atomic E-state index is 12.5. The molecule has 0 unspecified atom stereocenters. The van der Waals surface area contributed by atoms with Gasteiger partial charge in [-0.25, -0.2) is 4.79 Å². The Morgan fingerprint density at radius 3 is 2.03 bits per heavy atom. The van der Waals surface area contributed by atoms with E-state index in [1.165, 1.54) is 13.2 Å². The number of benzene rings is 2. The molecule has 0 aromatic heterocycles. The molecule has 0 spiro atoms. The first-order valence-corrected chi connectivity index (χ1v) is 9.78. The lowest BCUT2D eigenvalue weighted by atomic mass is 9.87. The van der Waals surface area contributed by atoms with Crippen LogP contribution in [0.4, 0.5) is 0 Å². The van der Waals surface area contributed by atoms with Gasteiger partial charge in [0.15, 0.2) is 0 Å². The zero-order chi connectivity index (χ0) is 20.8. The average Bonchev–Trinajstić information content (AvgIpc) is 2.73. The molecule has 3 rings (SSSR count). The Morgan fingerprint density at radius 2 is 1.55 bits per heavy atom. The van der Waals surface area contributed by atoms with Crippen LogP contribution in [0.1, 0.15) is 25.0 Å². The number of nitrogens with zero attached hydrogens (tertiary/aromatic N) is 1. The average molecular weight is 393 g/mol. The minimum Gasteiger partial charge on any atom is -0.468 e. The molecule has 5 nitrogen and oxygen atoms in total. The van der Waals surface area contributed by atoms with Gasteiger partial charge in [-0.05, 0) is 30.5 Å². The Balaban J connectivity index is 1.91. The Morgan fingerprint density at radius 1 is 1.03 bits per heavy atom. The fraction of sp³-hybridized carbons (Fsp3) is 0.333. The van der Waals surface area contributed by atoms with Crippen molar-refractivity contribution < 1.29 is 19.1 Å². The van der Waals surface area contributed by atoms with Gasteiger partial charge in [-0.2, -0.15) is 0 Å². The predicted octanol–water partition coefficient (Wildman–Crippen LogP) is 3.74.